The van der Waals surface area contributed by atoms with Crippen LogP contribution < -0.4 is 26.6 Å². The first-order chi connectivity index (χ1) is 11.7. The van der Waals surface area contributed by atoms with Crippen molar-refractivity contribution < 1.29 is 9.53 Å². The molecular weight excluding hydrogens is 308 g/mol. The van der Waals surface area contributed by atoms with Gasteiger partial charge in [0.15, 0.2) is 18.2 Å². The molecule has 1 heterocycles. The Morgan fingerprint density at radius 3 is 2.71 bits per heavy atom. The first-order valence-corrected chi connectivity index (χ1v) is 7.77. The number of hydrogen-bond donors (Lipinski definition) is 4. The van der Waals surface area contributed by atoms with Crippen LogP contribution in [0.5, 0.6) is 5.75 Å². The standard InChI is InChI=1S/C16H22N6O2/c1-2-3-9-18-15-14(17)16(20-11-19-15)22-21-13(23)10-24-12-7-5-4-6-8-12/h4-8,11H,2-3,9-10,17H2,1H3,(H,21,23)(H2,18,19,20,22). The number of para-hydroxylation sites is 1. The number of carbonyl (C=O) groups is 1. The van der Waals surface area contributed by atoms with Crippen LogP contribution in [-0.4, -0.2) is 29.0 Å². The van der Waals surface area contributed by atoms with Crippen molar-refractivity contribution >= 4 is 23.2 Å². The number of carbonyl (C=O) groups excluding carboxylic acids is 1. The highest BCUT2D eigenvalue weighted by Gasteiger charge is 2.09. The van der Waals surface area contributed by atoms with E-state index in [1.807, 2.05) is 18.2 Å². The maximum atomic E-state index is 11.8. The van der Waals surface area contributed by atoms with Gasteiger partial charge in [-0.25, -0.2) is 9.97 Å². The van der Waals surface area contributed by atoms with Crippen LogP contribution in [0.4, 0.5) is 17.3 Å². The summed E-state index contributed by atoms with van der Waals surface area (Å²) in [7, 11) is 0. The van der Waals surface area contributed by atoms with Gasteiger partial charge >= 0.3 is 0 Å². The zero-order chi connectivity index (χ0) is 17.2. The second-order valence-electron chi connectivity index (χ2n) is 5.04. The van der Waals surface area contributed by atoms with E-state index >= 15 is 0 Å². The monoisotopic (exact) mass is 330 g/mol. The Bertz CT molecular complexity index is 650. The van der Waals surface area contributed by atoms with Crippen molar-refractivity contribution in [1.82, 2.24) is 15.4 Å². The van der Waals surface area contributed by atoms with Crippen LogP contribution in [0.2, 0.25) is 0 Å². The number of aromatic nitrogens is 2. The molecule has 5 N–H and O–H groups in total. The number of unbranched alkanes of at least 4 members (excludes halogenated alkanes) is 1. The molecule has 0 radical (unpaired) electrons. The Hall–Kier alpha value is -3.03. The minimum absolute atomic E-state index is 0.121. The number of nitrogens with zero attached hydrogens (tertiary/aromatic N) is 2. The van der Waals surface area contributed by atoms with Crippen LogP contribution in [0.1, 0.15) is 19.8 Å². The quantitative estimate of drug-likeness (QED) is 0.409. The van der Waals surface area contributed by atoms with Gasteiger partial charge in [-0.05, 0) is 18.6 Å². The molecule has 0 saturated heterocycles. The van der Waals surface area contributed by atoms with Gasteiger partial charge in [-0.3, -0.25) is 15.6 Å². The number of nitrogens with two attached hydrogens (primary N) is 1. The fourth-order valence-corrected chi connectivity index (χ4v) is 1.85. The molecule has 0 fully saturated rings. The van der Waals surface area contributed by atoms with E-state index in [2.05, 4.69) is 33.1 Å². The summed E-state index contributed by atoms with van der Waals surface area (Å²) < 4.78 is 5.35. The number of nitrogen functional groups attached to an aromatic ring is 1. The first kappa shape index (κ1) is 17.3. The Kier molecular flexibility index (Phi) is 6.63. The molecule has 0 atom stereocenters. The van der Waals surface area contributed by atoms with E-state index in [0.29, 0.717) is 23.1 Å². The molecule has 0 bridgehead atoms. The van der Waals surface area contributed by atoms with Crippen molar-refractivity contribution in [3.05, 3.63) is 36.7 Å². The lowest BCUT2D eigenvalue weighted by atomic mass is 10.3. The van der Waals surface area contributed by atoms with E-state index in [0.717, 1.165) is 19.4 Å². The van der Waals surface area contributed by atoms with Gasteiger partial charge < -0.3 is 15.8 Å². The molecular formula is C16H22N6O2. The largest absolute Gasteiger partial charge is 0.484 e. The normalized spacial score (nSPS) is 10.0. The zero-order valence-corrected chi connectivity index (χ0v) is 13.6. The average molecular weight is 330 g/mol. The lowest BCUT2D eigenvalue weighted by Gasteiger charge is -2.13. The summed E-state index contributed by atoms with van der Waals surface area (Å²) >= 11 is 0. The summed E-state index contributed by atoms with van der Waals surface area (Å²) in [4.78, 5) is 19.9. The summed E-state index contributed by atoms with van der Waals surface area (Å²) in [6.45, 7) is 2.75. The van der Waals surface area contributed by atoms with Crippen molar-refractivity contribution in [2.45, 2.75) is 19.8 Å². The van der Waals surface area contributed by atoms with Crippen LogP contribution in [0, 0.1) is 0 Å². The Morgan fingerprint density at radius 2 is 1.96 bits per heavy atom. The highest BCUT2D eigenvalue weighted by molar-refractivity contribution is 5.81. The Labute approximate surface area is 140 Å². The van der Waals surface area contributed by atoms with Crippen LogP contribution >= 0.6 is 0 Å². The van der Waals surface area contributed by atoms with Gasteiger partial charge in [-0.15, -0.1) is 0 Å². The number of hydrogen-bond acceptors (Lipinski definition) is 7. The van der Waals surface area contributed by atoms with Crippen molar-refractivity contribution in [2.75, 3.05) is 29.6 Å². The predicted octanol–water partition coefficient (Wildman–Crippen LogP) is 1.79. The van der Waals surface area contributed by atoms with Crippen LogP contribution in [0.15, 0.2) is 36.7 Å². The van der Waals surface area contributed by atoms with Gasteiger partial charge in [0.1, 0.15) is 17.8 Å². The molecule has 8 heteroatoms. The molecule has 24 heavy (non-hydrogen) atoms. The van der Waals surface area contributed by atoms with Gasteiger partial charge in [0, 0.05) is 6.54 Å². The van der Waals surface area contributed by atoms with E-state index in [4.69, 9.17) is 10.5 Å². The third-order valence-electron chi connectivity index (χ3n) is 3.14. The third-order valence-corrected chi connectivity index (χ3v) is 3.14. The van der Waals surface area contributed by atoms with E-state index in [1.54, 1.807) is 12.1 Å². The number of benzene rings is 1. The number of hydrazine groups is 1. The van der Waals surface area contributed by atoms with Crippen LogP contribution in [0.25, 0.3) is 0 Å². The van der Waals surface area contributed by atoms with Crippen molar-refractivity contribution in [2.24, 2.45) is 0 Å². The van der Waals surface area contributed by atoms with E-state index in [-0.39, 0.29) is 12.5 Å². The highest BCUT2D eigenvalue weighted by atomic mass is 16.5. The molecule has 2 rings (SSSR count). The molecule has 2 aromatic rings. The summed E-state index contributed by atoms with van der Waals surface area (Å²) in [6.07, 6.45) is 3.46. The maximum Gasteiger partial charge on any atom is 0.276 e. The van der Waals surface area contributed by atoms with Crippen molar-refractivity contribution in [1.29, 1.82) is 0 Å². The molecule has 0 saturated carbocycles. The van der Waals surface area contributed by atoms with Gasteiger partial charge in [-0.2, -0.15) is 0 Å². The Balaban J connectivity index is 1.82. The number of rotatable bonds is 9. The van der Waals surface area contributed by atoms with Crippen LogP contribution in [-0.2, 0) is 4.79 Å². The average Bonchev–Trinajstić information content (AvgIpc) is 2.61. The first-order valence-electron chi connectivity index (χ1n) is 7.77. The van der Waals surface area contributed by atoms with Gasteiger partial charge in [0.05, 0.1) is 0 Å². The molecule has 1 aromatic carbocycles. The highest BCUT2D eigenvalue weighted by Crippen LogP contribution is 2.21. The molecule has 128 valence electrons. The fourth-order valence-electron chi connectivity index (χ4n) is 1.85. The molecule has 0 aliphatic rings. The summed E-state index contributed by atoms with van der Waals surface area (Å²) in [5.74, 6) is 1.14. The molecule has 0 spiro atoms. The predicted molar refractivity (Wildman–Crippen MR) is 93.5 cm³/mol. The zero-order valence-electron chi connectivity index (χ0n) is 13.6. The van der Waals surface area contributed by atoms with Gasteiger partial charge in [0.2, 0.25) is 0 Å². The van der Waals surface area contributed by atoms with E-state index in [1.165, 1.54) is 6.33 Å². The van der Waals surface area contributed by atoms with Crippen LogP contribution in [0.3, 0.4) is 0 Å². The van der Waals surface area contributed by atoms with E-state index < -0.39 is 0 Å². The molecule has 8 nitrogen and oxygen atoms in total. The summed E-state index contributed by atoms with van der Waals surface area (Å²) in [5, 5.41) is 3.14. The molecule has 0 unspecified atom stereocenters. The smallest absolute Gasteiger partial charge is 0.276 e. The minimum atomic E-state index is -0.350. The molecule has 0 aliphatic heterocycles. The SMILES string of the molecule is CCCCNc1ncnc(NNC(=O)COc2ccccc2)c1N. The molecule has 0 aliphatic carbocycles. The van der Waals surface area contributed by atoms with Crippen molar-refractivity contribution in [3.63, 3.8) is 0 Å². The van der Waals surface area contributed by atoms with Crippen molar-refractivity contribution in [3.8, 4) is 5.75 Å². The van der Waals surface area contributed by atoms with E-state index in [9.17, 15) is 4.79 Å². The minimum Gasteiger partial charge on any atom is -0.484 e. The number of anilines is 3. The number of amides is 1. The summed E-state index contributed by atoms with van der Waals surface area (Å²) in [6, 6.07) is 9.09. The molecule has 1 amide bonds. The third kappa shape index (κ3) is 5.31. The lowest BCUT2D eigenvalue weighted by Crippen LogP contribution is -2.34. The topological polar surface area (TPSA) is 114 Å². The molecule has 1 aromatic heterocycles. The maximum absolute atomic E-state index is 11.8. The number of ether oxygens (including phenoxy) is 1. The van der Waals surface area contributed by atoms with Gasteiger partial charge in [-0.1, -0.05) is 31.5 Å². The number of nitrogens with one attached hydrogen (secondary N) is 3. The second kappa shape index (κ2) is 9.19. The summed E-state index contributed by atoms with van der Waals surface area (Å²) in [5.41, 5.74) is 11.5. The van der Waals surface area contributed by atoms with Gasteiger partial charge in [0.25, 0.3) is 5.91 Å². The lowest BCUT2D eigenvalue weighted by molar-refractivity contribution is -0.122. The Morgan fingerprint density at radius 1 is 1.21 bits per heavy atom. The fraction of sp³-hybridized carbons (Fsp3) is 0.312. The second-order valence-corrected chi connectivity index (χ2v) is 5.04.